The molecule has 3 heteroatoms. The lowest BCUT2D eigenvalue weighted by atomic mass is 9.83. The van der Waals surface area contributed by atoms with E-state index in [2.05, 4.69) is 17.3 Å². The Morgan fingerprint density at radius 2 is 2.27 bits per heavy atom. The van der Waals surface area contributed by atoms with Crippen LogP contribution in [0, 0.1) is 11.8 Å². The quantitative estimate of drug-likeness (QED) is 0.707. The predicted octanol–water partition coefficient (Wildman–Crippen LogP) is 0.689. The highest BCUT2D eigenvalue weighted by molar-refractivity contribution is 4.82. The summed E-state index contributed by atoms with van der Waals surface area (Å²) in [5.41, 5.74) is 0. The number of hydrogen-bond donors (Lipinski definition) is 2. The van der Waals surface area contributed by atoms with Gasteiger partial charge >= 0.3 is 0 Å². The zero-order valence-corrected chi connectivity index (χ0v) is 9.78. The van der Waals surface area contributed by atoms with E-state index in [0.717, 1.165) is 32.0 Å². The van der Waals surface area contributed by atoms with E-state index in [1.54, 1.807) is 0 Å². The van der Waals surface area contributed by atoms with Crippen LogP contribution in [0.25, 0.3) is 0 Å². The van der Waals surface area contributed by atoms with Crippen molar-refractivity contribution in [2.24, 2.45) is 11.8 Å². The number of piperidine rings is 2. The zero-order valence-electron chi connectivity index (χ0n) is 9.78. The number of nitrogens with one attached hydrogen (secondary N) is 1. The summed E-state index contributed by atoms with van der Waals surface area (Å²) < 4.78 is 0. The van der Waals surface area contributed by atoms with Crippen LogP contribution in [-0.4, -0.2) is 49.3 Å². The lowest BCUT2D eigenvalue weighted by Crippen LogP contribution is -2.43. The minimum absolute atomic E-state index is 0.0527. The van der Waals surface area contributed by atoms with Crippen LogP contribution >= 0.6 is 0 Å². The van der Waals surface area contributed by atoms with Gasteiger partial charge in [-0.2, -0.15) is 0 Å². The second kappa shape index (κ2) is 5.28. The van der Waals surface area contributed by atoms with Crippen LogP contribution in [0.1, 0.15) is 25.7 Å². The van der Waals surface area contributed by atoms with Gasteiger partial charge in [-0.05, 0) is 57.7 Å². The fraction of sp³-hybridized carbons (Fsp3) is 1.00. The Kier molecular flexibility index (Phi) is 4.00. The topological polar surface area (TPSA) is 35.5 Å². The van der Waals surface area contributed by atoms with Crippen LogP contribution < -0.4 is 5.32 Å². The molecule has 3 nitrogen and oxygen atoms in total. The van der Waals surface area contributed by atoms with Crippen LogP contribution in [-0.2, 0) is 0 Å². The lowest BCUT2D eigenvalue weighted by molar-refractivity contribution is 0.0228. The molecule has 2 rings (SSSR count). The molecule has 2 fully saturated rings. The molecule has 0 amide bonds. The summed E-state index contributed by atoms with van der Waals surface area (Å²) in [7, 11) is 2.16. The normalized spacial score (nSPS) is 39.2. The third kappa shape index (κ3) is 3.16. The predicted molar refractivity (Wildman–Crippen MR) is 61.8 cm³/mol. The third-order valence-corrected chi connectivity index (χ3v) is 3.93. The van der Waals surface area contributed by atoms with Gasteiger partial charge in [0, 0.05) is 13.1 Å². The summed E-state index contributed by atoms with van der Waals surface area (Å²) >= 11 is 0. The van der Waals surface area contributed by atoms with E-state index in [0.29, 0.717) is 5.92 Å². The minimum Gasteiger partial charge on any atom is -0.393 e. The first-order chi connectivity index (χ1) is 7.25. The Morgan fingerprint density at radius 3 is 3.00 bits per heavy atom. The molecule has 2 saturated heterocycles. The molecule has 3 atom stereocenters. The SMILES string of the molecule is CN1CC[C@H](O)[C@H](C[C@H]2CCCNC2)C1. The van der Waals surface area contributed by atoms with Gasteiger partial charge in [-0.1, -0.05) is 0 Å². The maximum Gasteiger partial charge on any atom is 0.0592 e. The van der Waals surface area contributed by atoms with Gasteiger partial charge in [0.05, 0.1) is 6.10 Å². The molecule has 0 bridgehead atoms. The molecule has 0 radical (unpaired) electrons. The second-order valence-electron chi connectivity index (χ2n) is 5.33. The Balaban J connectivity index is 1.80. The fourth-order valence-electron chi connectivity index (χ4n) is 2.99. The van der Waals surface area contributed by atoms with Crippen molar-refractivity contribution < 1.29 is 5.11 Å². The molecule has 0 aliphatic carbocycles. The monoisotopic (exact) mass is 212 g/mol. The largest absolute Gasteiger partial charge is 0.393 e. The van der Waals surface area contributed by atoms with Crippen molar-refractivity contribution in [1.82, 2.24) is 10.2 Å². The van der Waals surface area contributed by atoms with Gasteiger partial charge in [-0.15, -0.1) is 0 Å². The van der Waals surface area contributed by atoms with E-state index in [1.165, 1.54) is 25.8 Å². The molecule has 0 aromatic rings. The maximum absolute atomic E-state index is 9.97. The molecular weight excluding hydrogens is 188 g/mol. The van der Waals surface area contributed by atoms with Crippen LogP contribution in [0.3, 0.4) is 0 Å². The van der Waals surface area contributed by atoms with E-state index >= 15 is 0 Å². The van der Waals surface area contributed by atoms with Crippen molar-refractivity contribution in [1.29, 1.82) is 0 Å². The number of aliphatic hydroxyl groups is 1. The number of hydrogen-bond acceptors (Lipinski definition) is 3. The molecule has 0 unspecified atom stereocenters. The standard InChI is InChI=1S/C12H24N2O/c1-14-6-4-12(15)11(9-14)7-10-3-2-5-13-8-10/h10-13,15H,2-9H2,1H3/t10-,11-,12+/m1/s1. The molecule has 2 aliphatic heterocycles. The van der Waals surface area contributed by atoms with Gasteiger partial charge in [-0.25, -0.2) is 0 Å². The number of rotatable bonds is 2. The first-order valence-electron chi connectivity index (χ1n) is 6.33. The van der Waals surface area contributed by atoms with E-state index in [-0.39, 0.29) is 6.10 Å². The second-order valence-corrected chi connectivity index (χ2v) is 5.33. The van der Waals surface area contributed by atoms with Crippen molar-refractivity contribution in [2.75, 3.05) is 33.2 Å². The highest BCUT2D eigenvalue weighted by atomic mass is 16.3. The third-order valence-electron chi connectivity index (χ3n) is 3.93. The van der Waals surface area contributed by atoms with Gasteiger partial charge < -0.3 is 15.3 Å². The fourth-order valence-corrected chi connectivity index (χ4v) is 2.99. The number of nitrogens with zero attached hydrogens (tertiary/aromatic N) is 1. The first-order valence-corrected chi connectivity index (χ1v) is 6.33. The van der Waals surface area contributed by atoms with E-state index in [9.17, 15) is 5.11 Å². The van der Waals surface area contributed by atoms with Gasteiger partial charge in [0.25, 0.3) is 0 Å². The number of likely N-dealkylation sites (tertiary alicyclic amines) is 1. The summed E-state index contributed by atoms with van der Waals surface area (Å²) in [5, 5.41) is 13.4. The number of aliphatic hydroxyl groups excluding tert-OH is 1. The van der Waals surface area contributed by atoms with Crippen molar-refractivity contribution in [3.63, 3.8) is 0 Å². The maximum atomic E-state index is 9.97. The van der Waals surface area contributed by atoms with Gasteiger partial charge in [0.15, 0.2) is 0 Å². The van der Waals surface area contributed by atoms with E-state index in [1.807, 2.05) is 0 Å². The molecule has 2 N–H and O–H groups in total. The summed E-state index contributed by atoms with van der Waals surface area (Å²) in [4.78, 5) is 2.35. The molecule has 0 spiro atoms. The molecule has 2 heterocycles. The summed E-state index contributed by atoms with van der Waals surface area (Å²) in [6.07, 6.45) is 4.77. The van der Waals surface area contributed by atoms with Crippen LogP contribution in [0.15, 0.2) is 0 Å². The van der Waals surface area contributed by atoms with Crippen LogP contribution in [0.4, 0.5) is 0 Å². The van der Waals surface area contributed by atoms with Gasteiger partial charge in [0.2, 0.25) is 0 Å². The lowest BCUT2D eigenvalue weighted by Gasteiger charge is -2.36. The van der Waals surface area contributed by atoms with Crippen LogP contribution in [0.5, 0.6) is 0 Å². The highest BCUT2D eigenvalue weighted by Crippen LogP contribution is 2.26. The molecule has 0 aromatic heterocycles. The average molecular weight is 212 g/mol. The van der Waals surface area contributed by atoms with Gasteiger partial charge in [0.1, 0.15) is 0 Å². The zero-order chi connectivity index (χ0) is 10.7. The first kappa shape index (κ1) is 11.4. The summed E-state index contributed by atoms with van der Waals surface area (Å²) in [6, 6.07) is 0. The molecule has 0 saturated carbocycles. The van der Waals surface area contributed by atoms with Crippen molar-refractivity contribution in [2.45, 2.75) is 31.8 Å². The molecular formula is C12H24N2O. The Bertz CT molecular complexity index is 192. The molecule has 15 heavy (non-hydrogen) atoms. The van der Waals surface area contributed by atoms with Crippen molar-refractivity contribution in [3.8, 4) is 0 Å². The smallest absolute Gasteiger partial charge is 0.0592 e. The Hall–Kier alpha value is -0.120. The summed E-state index contributed by atoms with van der Waals surface area (Å²) in [5.74, 6) is 1.30. The van der Waals surface area contributed by atoms with Gasteiger partial charge in [-0.3, -0.25) is 0 Å². The Labute approximate surface area is 92.8 Å². The van der Waals surface area contributed by atoms with E-state index < -0.39 is 0 Å². The molecule has 2 aliphatic rings. The Morgan fingerprint density at radius 1 is 1.40 bits per heavy atom. The average Bonchev–Trinajstić information content (AvgIpc) is 2.25. The highest BCUT2D eigenvalue weighted by Gasteiger charge is 2.28. The van der Waals surface area contributed by atoms with Crippen molar-refractivity contribution in [3.05, 3.63) is 0 Å². The summed E-state index contributed by atoms with van der Waals surface area (Å²) in [6.45, 7) is 4.48. The van der Waals surface area contributed by atoms with Crippen LogP contribution in [0.2, 0.25) is 0 Å². The molecule has 0 aromatic carbocycles. The van der Waals surface area contributed by atoms with E-state index in [4.69, 9.17) is 0 Å². The van der Waals surface area contributed by atoms with Crippen molar-refractivity contribution >= 4 is 0 Å². The molecule has 88 valence electrons. The minimum atomic E-state index is -0.0527.